The van der Waals surface area contributed by atoms with Crippen molar-refractivity contribution in [3.8, 4) is 0 Å². The summed E-state index contributed by atoms with van der Waals surface area (Å²) >= 11 is 0. The molecule has 1 atom stereocenters. The Hall–Kier alpha value is -2.37. The van der Waals surface area contributed by atoms with Crippen LogP contribution in [0.2, 0.25) is 0 Å². The average Bonchev–Trinajstić information content (AvgIpc) is 3.09. The number of amides is 1. The Morgan fingerprint density at radius 1 is 1.44 bits per heavy atom. The van der Waals surface area contributed by atoms with Gasteiger partial charge in [-0.25, -0.2) is 4.98 Å². The predicted octanol–water partition coefficient (Wildman–Crippen LogP) is 3.07. The molecule has 0 bridgehead atoms. The van der Waals surface area contributed by atoms with E-state index in [2.05, 4.69) is 22.0 Å². The number of rotatable bonds is 5. The van der Waals surface area contributed by atoms with Crippen LogP contribution in [-0.2, 0) is 6.42 Å². The number of nitrogens with zero attached hydrogens (tertiary/aromatic N) is 4. The summed E-state index contributed by atoms with van der Waals surface area (Å²) in [7, 11) is 1.86. The van der Waals surface area contributed by atoms with Crippen LogP contribution in [0.5, 0.6) is 0 Å². The van der Waals surface area contributed by atoms with Gasteiger partial charge in [0.15, 0.2) is 5.69 Å². The van der Waals surface area contributed by atoms with E-state index in [0.29, 0.717) is 5.69 Å². The molecule has 2 aromatic rings. The van der Waals surface area contributed by atoms with Gasteiger partial charge in [-0.2, -0.15) is 0 Å². The van der Waals surface area contributed by atoms with Crippen molar-refractivity contribution in [3.63, 3.8) is 0 Å². The van der Waals surface area contributed by atoms with Crippen LogP contribution in [0, 0.1) is 6.92 Å². The van der Waals surface area contributed by atoms with Gasteiger partial charge in [0.1, 0.15) is 11.6 Å². The molecular weight excluding hydrogens is 316 g/mol. The smallest absolute Gasteiger partial charge is 0.276 e. The normalized spacial score (nSPS) is 17.6. The molecule has 1 amide bonds. The number of pyridine rings is 1. The standard InChI is InChI=1S/C19H26N4O2/c1-4-7-16-12-17(21-25-16)19(24)22(3)15-9-6-11-23(13-15)18-10-5-8-14(2)20-18/h5,8,10,12,15H,4,6-7,9,11,13H2,1-3H3/t15-/m1/s1. The van der Waals surface area contributed by atoms with Crippen LogP contribution in [0.15, 0.2) is 28.8 Å². The van der Waals surface area contributed by atoms with Crippen molar-refractivity contribution in [2.24, 2.45) is 0 Å². The lowest BCUT2D eigenvalue weighted by Crippen LogP contribution is -2.49. The van der Waals surface area contributed by atoms with E-state index in [-0.39, 0.29) is 11.9 Å². The quantitative estimate of drug-likeness (QED) is 0.835. The van der Waals surface area contributed by atoms with Gasteiger partial charge in [-0.15, -0.1) is 0 Å². The second-order valence-corrected chi connectivity index (χ2v) is 6.72. The van der Waals surface area contributed by atoms with E-state index in [1.807, 2.05) is 32.2 Å². The second-order valence-electron chi connectivity index (χ2n) is 6.72. The van der Waals surface area contributed by atoms with Gasteiger partial charge in [-0.05, 0) is 38.3 Å². The highest BCUT2D eigenvalue weighted by molar-refractivity contribution is 5.92. The van der Waals surface area contributed by atoms with E-state index < -0.39 is 0 Å². The monoisotopic (exact) mass is 342 g/mol. The maximum absolute atomic E-state index is 12.7. The van der Waals surface area contributed by atoms with E-state index in [4.69, 9.17) is 4.52 Å². The summed E-state index contributed by atoms with van der Waals surface area (Å²) in [5, 5.41) is 3.95. The van der Waals surface area contributed by atoms with Gasteiger partial charge >= 0.3 is 0 Å². The summed E-state index contributed by atoms with van der Waals surface area (Å²) in [6.07, 6.45) is 3.81. The van der Waals surface area contributed by atoms with Crippen molar-refractivity contribution in [2.75, 3.05) is 25.0 Å². The van der Waals surface area contributed by atoms with Gasteiger partial charge in [0.25, 0.3) is 5.91 Å². The molecule has 0 N–H and O–H groups in total. The molecule has 0 spiro atoms. The number of piperidine rings is 1. The van der Waals surface area contributed by atoms with Crippen LogP contribution in [-0.4, -0.2) is 47.1 Å². The minimum atomic E-state index is -0.0739. The maximum atomic E-state index is 12.7. The van der Waals surface area contributed by atoms with Crippen LogP contribution in [0.4, 0.5) is 5.82 Å². The first-order chi connectivity index (χ1) is 12.1. The summed E-state index contributed by atoms with van der Waals surface area (Å²) in [5.74, 6) is 1.68. The van der Waals surface area contributed by atoms with Gasteiger partial charge in [0, 0.05) is 44.4 Å². The minimum Gasteiger partial charge on any atom is -0.361 e. The Labute approximate surface area is 148 Å². The molecule has 134 valence electrons. The van der Waals surface area contributed by atoms with Crippen molar-refractivity contribution in [3.05, 3.63) is 41.4 Å². The lowest BCUT2D eigenvalue weighted by Gasteiger charge is -2.38. The van der Waals surface area contributed by atoms with Gasteiger partial charge in [-0.1, -0.05) is 18.1 Å². The summed E-state index contributed by atoms with van der Waals surface area (Å²) < 4.78 is 5.25. The third-order valence-corrected chi connectivity index (χ3v) is 4.74. The molecule has 6 heteroatoms. The highest BCUT2D eigenvalue weighted by atomic mass is 16.5. The van der Waals surface area contributed by atoms with Gasteiger partial charge < -0.3 is 14.3 Å². The molecule has 0 saturated carbocycles. The number of hydrogen-bond acceptors (Lipinski definition) is 5. The molecule has 3 rings (SSSR count). The SMILES string of the molecule is CCCc1cc(C(=O)N(C)[C@@H]2CCCN(c3cccc(C)n3)C2)no1. The van der Waals surface area contributed by atoms with E-state index in [1.165, 1.54) is 0 Å². The average molecular weight is 342 g/mol. The molecule has 0 aliphatic carbocycles. The van der Waals surface area contributed by atoms with Crippen molar-refractivity contribution >= 4 is 11.7 Å². The Bertz CT molecular complexity index is 728. The molecule has 2 aromatic heterocycles. The number of carbonyl (C=O) groups is 1. The number of hydrogen-bond donors (Lipinski definition) is 0. The topological polar surface area (TPSA) is 62.5 Å². The number of carbonyl (C=O) groups excluding carboxylic acids is 1. The highest BCUT2D eigenvalue weighted by Crippen LogP contribution is 2.22. The molecule has 0 radical (unpaired) electrons. The maximum Gasteiger partial charge on any atom is 0.276 e. The molecule has 25 heavy (non-hydrogen) atoms. The first-order valence-electron chi connectivity index (χ1n) is 9.00. The Kier molecular flexibility index (Phi) is 5.36. The number of aryl methyl sites for hydroxylation is 2. The van der Waals surface area contributed by atoms with E-state index in [0.717, 1.165) is 56.0 Å². The zero-order chi connectivity index (χ0) is 17.8. The van der Waals surface area contributed by atoms with Gasteiger partial charge in [0.05, 0.1) is 0 Å². The lowest BCUT2D eigenvalue weighted by atomic mass is 10.0. The van der Waals surface area contributed by atoms with Crippen LogP contribution in [0.1, 0.15) is 48.1 Å². The van der Waals surface area contributed by atoms with Crippen LogP contribution >= 0.6 is 0 Å². The second kappa shape index (κ2) is 7.68. The Morgan fingerprint density at radius 3 is 3.04 bits per heavy atom. The summed E-state index contributed by atoms with van der Waals surface area (Å²) in [6.45, 7) is 5.84. The zero-order valence-corrected chi connectivity index (χ0v) is 15.2. The largest absolute Gasteiger partial charge is 0.361 e. The molecule has 3 heterocycles. The molecule has 1 aliphatic rings. The molecular formula is C19H26N4O2. The summed E-state index contributed by atoms with van der Waals surface area (Å²) in [5.41, 5.74) is 1.41. The minimum absolute atomic E-state index is 0.0739. The van der Waals surface area contributed by atoms with E-state index in [9.17, 15) is 4.79 Å². The van der Waals surface area contributed by atoms with Crippen molar-refractivity contribution in [1.29, 1.82) is 0 Å². The molecule has 0 aromatic carbocycles. The number of anilines is 1. The molecule has 1 saturated heterocycles. The van der Waals surface area contributed by atoms with E-state index >= 15 is 0 Å². The molecule has 1 fully saturated rings. The van der Waals surface area contributed by atoms with E-state index in [1.54, 1.807) is 11.0 Å². The fraction of sp³-hybridized carbons (Fsp3) is 0.526. The fourth-order valence-corrected chi connectivity index (χ4v) is 3.31. The first kappa shape index (κ1) is 17.5. The Balaban J connectivity index is 1.68. The molecule has 6 nitrogen and oxygen atoms in total. The Morgan fingerprint density at radius 2 is 2.28 bits per heavy atom. The third kappa shape index (κ3) is 4.00. The lowest BCUT2D eigenvalue weighted by molar-refractivity contribution is 0.0706. The first-order valence-corrected chi connectivity index (χ1v) is 9.00. The summed E-state index contributed by atoms with van der Waals surface area (Å²) in [6, 6.07) is 7.98. The van der Waals surface area contributed by atoms with Crippen molar-refractivity contribution in [2.45, 2.75) is 45.6 Å². The molecule has 1 aliphatic heterocycles. The summed E-state index contributed by atoms with van der Waals surface area (Å²) in [4.78, 5) is 21.4. The highest BCUT2D eigenvalue weighted by Gasteiger charge is 2.28. The van der Waals surface area contributed by atoms with Gasteiger partial charge in [0.2, 0.25) is 0 Å². The van der Waals surface area contributed by atoms with Crippen molar-refractivity contribution < 1.29 is 9.32 Å². The number of likely N-dealkylation sites (N-methyl/N-ethyl adjacent to an activating group) is 1. The predicted molar refractivity (Wildman–Crippen MR) is 96.8 cm³/mol. The van der Waals surface area contributed by atoms with Crippen LogP contribution in [0.25, 0.3) is 0 Å². The number of aromatic nitrogens is 2. The van der Waals surface area contributed by atoms with Gasteiger partial charge in [-0.3, -0.25) is 4.79 Å². The third-order valence-electron chi connectivity index (χ3n) is 4.74. The van der Waals surface area contributed by atoms with Crippen LogP contribution in [0.3, 0.4) is 0 Å². The fourth-order valence-electron chi connectivity index (χ4n) is 3.31. The zero-order valence-electron chi connectivity index (χ0n) is 15.2. The molecule has 0 unspecified atom stereocenters. The van der Waals surface area contributed by atoms with Crippen molar-refractivity contribution in [1.82, 2.24) is 15.0 Å². The van der Waals surface area contributed by atoms with Crippen LogP contribution < -0.4 is 4.90 Å².